The first-order chi connectivity index (χ1) is 9.80. The number of nitrogens with one attached hydrogen (secondary N) is 1. The van der Waals surface area contributed by atoms with Crippen molar-refractivity contribution in [2.45, 2.75) is 45.3 Å². The standard InChI is InChI=1S/C17H25NO3/c1-16(2,3)14-7-5-13(6-8-14)15(19)18-10-9-17(4)20-11-12-21-17/h5-8H,9-12H2,1-4H3,(H,18,19). The Morgan fingerprint density at radius 2 is 1.76 bits per heavy atom. The molecule has 1 aliphatic rings. The maximum Gasteiger partial charge on any atom is 0.251 e. The van der Waals surface area contributed by atoms with Crippen LogP contribution in [-0.2, 0) is 14.9 Å². The first-order valence-corrected chi connectivity index (χ1v) is 7.47. The van der Waals surface area contributed by atoms with Crippen molar-refractivity contribution in [2.24, 2.45) is 0 Å². The molecule has 0 bridgehead atoms. The van der Waals surface area contributed by atoms with E-state index in [1.54, 1.807) is 0 Å². The van der Waals surface area contributed by atoms with Gasteiger partial charge in [-0.15, -0.1) is 0 Å². The van der Waals surface area contributed by atoms with Crippen LogP contribution in [0.1, 0.15) is 50.0 Å². The molecule has 2 rings (SSSR count). The van der Waals surface area contributed by atoms with Gasteiger partial charge in [-0.1, -0.05) is 32.9 Å². The fraction of sp³-hybridized carbons (Fsp3) is 0.588. The molecule has 0 unspecified atom stereocenters. The lowest BCUT2D eigenvalue weighted by molar-refractivity contribution is -0.145. The molecule has 0 saturated carbocycles. The van der Waals surface area contributed by atoms with Crippen LogP contribution in [0, 0.1) is 0 Å². The summed E-state index contributed by atoms with van der Waals surface area (Å²) in [4.78, 5) is 12.1. The monoisotopic (exact) mass is 291 g/mol. The van der Waals surface area contributed by atoms with Gasteiger partial charge in [0.05, 0.1) is 13.2 Å². The zero-order valence-electron chi connectivity index (χ0n) is 13.4. The van der Waals surface area contributed by atoms with Gasteiger partial charge in [0.1, 0.15) is 0 Å². The molecule has 0 atom stereocenters. The molecule has 0 aliphatic carbocycles. The molecular formula is C17H25NO3. The zero-order valence-corrected chi connectivity index (χ0v) is 13.4. The third-order valence-electron chi connectivity index (χ3n) is 3.78. The second-order valence-corrected chi connectivity index (χ2v) is 6.66. The van der Waals surface area contributed by atoms with Crippen LogP contribution in [0.25, 0.3) is 0 Å². The molecule has 1 aliphatic heterocycles. The van der Waals surface area contributed by atoms with Crippen molar-refractivity contribution in [2.75, 3.05) is 19.8 Å². The minimum atomic E-state index is -0.552. The van der Waals surface area contributed by atoms with E-state index in [1.165, 1.54) is 5.56 Å². The van der Waals surface area contributed by atoms with E-state index in [-0.39, 0.29) is 11.3 Å². The van der Waals surface area contributed by atoms with Crippen molar-refractivity contribution < 1.29 is 14.3 Å². The maximum atomic E-state index is 12.1. The van der Waals surface area contributed by atoms with Crippen molar-refractivity contribution in [1.82, 2.24) is 5.32 Å². The average Bonchev–Trinajstić information content (AvgIpc) is 2.85. The molecule has 1 fully saturated rings. The molecule has 1 aromatic rings. The largest absolute Gasteiger partial charge is 0.352 e. The number of carbonyl (C=O) groups is 1. The quantitative estimate of drug-likeness (QED) is 0.928. The van der Waals surface area contributed by atoms with Gasteiger partial charge >= 0.3 is 0 Å². The highest BCUT2D eigenvalue weighted by molar-refractivity contribution is 5.94. The zero-order chi connectivity index (χ0) is 15.5. The molecule has 116 valence electrons. The number of benzene rings is 1. The highest BCUT2D eigenvalue weighted by Gasteiger charge is 2.30. The average molecular weight is 291 g/mol. The number of rotatable bonds is 4. The van der Waals surface area contributed by atoms with Crippen molar-refractivity contribution >= 4 is 5.91 Å². The third-order valence-corrected chi connectivity index (χ3v) is 3.78. The summed E-state index contributed by atoms with van der Waals surface area (Å²) in [6.45, 7) is 10.2. The van der Waals surface area contributed by atoms with Crippen LogP contribution >= 0.6 is 0 Å². The van der Waals surface area contributed by atoms with Crippen molar-refractivity contribution in [3.05, 3.63) is 35.4 Å². The van der Waals surface area contributed by atoms with Gasteiger partial charge in [-0.3, -0.25) is 4.79 Å². The molecule has 1 saturated heterocycles. The van der Waals surface area contributed by atoms with Crippen molar-refractivity contribution in [1.29, 1.82) is 0 Å². The summed E-state index contributed by atoms with van der Waals surface area (Å²) in [5, 5.41) is 2.91. The van der Waals surface area contributed by atoms with Crippen LogP contribution in [0.4, 0.5) is 0 Å². The fourth-order valence-electron chi connectivity index (χ4n) is 2.33. The summed E-state index contributed by atoms with van der Waals surface area (Å²) in [5.41, 5.74) is 2.00. The van der Waals surface area contributed by atoms with Crippen LogP contribution < -0.4 is 5.32 Å². The van der Waals surface area contributed by atoms with E-state index in [0.29, 0.717) is 31.7 Å². The Balaban J connectivity index is 1.86. The molecule has 21 heavy (non-hydrogen) atoms. The van der Waals surface area contributed by atoms with Gasteiger partial charge < -0.3 is 14.8 Å². The molecule has 4 heteroatoms. The topological polar surface area (TPSA) is 47.6 Å². The summed E-state index contributed by atoms with van der Waals surface area (Å²) >= 11 is 0. The van der Waals surface area contributed by atoms with Crippen LogP contribution in [0.2, 0.25) is 0 Å². The van der Waals surface area contributed by atoms with Gasteiger partial charge in [0.25, 0.3) is 5.91 Å². The lowest BCUT2D eigenvalue weighted by Gasteiger charge is -2.22. The van der Waals surface area contributed by atoms with Crippen molar-refractivity contribution in [3.8, 4) is 0 Å². The Labute approximate surface area is 126 Å². The number of hydrogen-bond acceptors (Lipinski definition) is 3. The van der Waals surface area contributed by atoms with E-state index >= 15 is 0 Å². The van der Waals surface area contributed by atoms with Gasteiger partial charge in [0, 0.05) is 18.5 Å². The molecule has 4 nitrogen and oxygen atoms in total. The van der Waals surface area contributed by atoms with Crippen LogP contribution in [0.5, 0.6) is 0 Å². The Morgan fingerprint density at radius 1 is 1.19 bits per heavy atom. The first kappa shape index (κ1) is 16.0. The van der Waals surface area contributed by atoms with Crippen LogP contribution in [0.3, 0.4) is 0 Å². The number of amides is 1. The van der Waals surface area contributed by atoms with Gasteiger partial charge in [-0.05, 0) is 30.0 Å². The number of hydrogen-bond donors (Lipinski definition) is 1. The summed E-state index contributed by atoms with van der Waals surface area (Å²) in [6, 6.07) is 7.78. The Morgan fingerprint density at radius 3 is 2.29 bits per heavy atom. The second-order valence-electron chi connectivity index (χ2n) is 6.66. The van der Waals surface area contributed by atoms with E-state index in [1.807, 2.05) is 31.2 Å². The van der Waals surface area contributed by atoms with Gasteiger partial charge in [0.2, 0.25) is 0 Å². The molecule has 1 aromatic carbocycles. The minimum absolute atomic E-state index is 0.0583. The van der Waals surface area contributed by atoms with E-state index in [9.17, 15) is 4.79 Å². The maximum absolute atomic E-state index is 12.1. The lowest BCUT2D eigenvalue weighted by atomic mass is 9.87. The summed E-state index contributed by atoms with van der Waals surface area (Å²) in [5.74, 6) is -0.610. The highest BCUT2D eigenvalue weighted by atomic mass is 16.7. The smallest absolute Gasteiger partial charge is 0.251 e. The summed E-state index contributed by atoms with van der Waals surface area (Å²) in [7, 11) is 0. The number of ether oxygens (including phenoxy) is 2. The van der Waals surface area contributed by atoms with E-state index in [0.717, 1.165) is 0 Å². The Bertz CT molecular complexity index is 482. The molecule has 0 aromatic heterocycles. The first-order valence-electron chi connectivity index (χ1n) is 7.47. The SMILES string of the molecule is CC1(CCNC(=O)c2ccc(C(C)(C)C)cc2)OCCO1. The van der Waals surface area contributed by atoms with Gasteiger partial charge in [-0.2, -0.15) is 0 Å². The number of carbonyl (C=O) groups excluding carboxylic acids is 1. The predicted molar refractivity (Wildman–Crippen MR) is 82.4 cm³/mol. The normalized spacial score (nSPS) is 17.7. The molecular weight excluding hydrogens is 266 g/mol. The summed E-state index contributed by atoms with van der Waals surface area (Å²) < 4.78 is 11.0. The molecule has 1 heterocycles. The van der Waals surface area contributed by atoms with Crippen LogP contribution in [0.15, 0.2) is 24.3 Å². The van der Waals surface area contributed by atoms with E-state index < -0.39 is 5.79 Å². The highest BCUT2D eigenvalue weighted by Crippen LogP contribution is 2.23. The molecule has 0 radical (unpaired) electrons. The lowest BCUT2D eigenvalue weighted by Crippen LogP contribution is -2.33. The molecule has 1 N–H and O–H groups in total. The van der Waals surface area contributed by atoms with Crippen molar-refractivity contribution in [3.63, 3.8) is 0 Å². The molecule has 1 amide bonds. The molecule has 0 spiro atoms. The van der Waals surface area contributed by atoms with Crippen LogP contribution in [-0.4, -0.2) is 31.5 Å². The second kappa shape index (κ2) is 6.16. The third kappa shape index (κ3) is 4.29. The van der Waals surface area contributed by atoms with E-state index in [2.05, 4.69) is 26.1 Å². The van der Waals surface area contributed by atoms with Gasteiger partial charge in [0.15, 0.2) is 5.79 Å². The van der Waals surface area contributed by atoms with Gasteiger partial charge in [-0.25, -0.2) is 0 Å². The fourth-order valence-corrected chi connectivity index (χ4v) is 2.33. The Kier molecular flexibility index (Phi) is 4.69. The van der Waals surface area contributed by atoms with E-state index in [4.69, 9.17) is 9.47 Å². The summed E-state index contributed by atoms with van der Waals surface area (Å²) in [6.07, 6.45) is 0.652. The Hall–Kier alpha value is -1.39. The predicted octanol–water partition coefficient (Wildman–Crippen LogP) is 2.87. The minimum Gasteiger partial charge on any atom is -0.352 e.